The SMILES string of the molecule is CC(C)(C)OC(=O)ON1CCC(c2ccc(C#N)cc2)C(OCc2cc(OCOCC[Si](C)(C)C)c3ccccc3c2)C1. The van der Waals surface area contributed by atoms with Crippen LogP contribution in [0.15, 0.2) is 60.7 Å². The first-order valence-electron chi connectivity index (χ1n) is 14.9. The van der Waals surface area contributed by atoms with Gasteiger partial charge in [-0.15, -0.1) is 5.06 Å². The Morgan fingerprint density at radius 2 is 1.81 bits per heavy atom. The van der Waals surface area contributed by atoms with Crippen molar-refractivity contribution in [2.45, 2.75) is 77.1 Å². The molecule has 8 nitrogen and oxygen atoms in total. The summed E-state index contributed by atoms with van der Waals surface area (Å²) in [5, 5.41) is 12.9. The summed E-state index contributed by atoms with van der Waals surface area (Å²) in [5.41, 5.74) is 2.02. The largest absolute Gasteiger partial charge is 0.528 e. The van der Waals surface area contributed by atoms with Crippen molar-refractivity contribution in [1.82, 2.24) is 5.06 Å². The maximum absolute atomic E-state index is 12.4. The smallest absolute Gasteiger partial charge is 0.467 e. The van der Waals surface area contributed by atoms with E-state index in [1.165, 1.54) is 0 Å². The number of hydroxylamine groups is 2. The lowest BCUT2D eigenvalue weighted by Gasteiger charge is -2.37. The molecular formula is C34H44N2O6Si. The van der Waals surface area contributed by atoms with E-state index in [9.17, 15) is 10.1 Å². The molecule has 1 heterocycles. The summed E-state index contributed by atoms with van der Waals surface area (Å²) in [4.78, 5) is 17.9. The van der Waals surface area contributed by atoms with Crippen molar-refractivity contribution in [3.8, 4) is 11.8 Å². The molecule has 1 aliphatic rings. The molecule has 0 aromatic heterocycles. The van der Waals surface area contributed by atoms with E-state index in [4.69, 9.17) is 23.8 Å². The van der Waals surface area contributed by atoms with Gasteiger partial charge in [0.25, 0.3) is 0 Å². The Morgan fingerprint density at radius 1 is 1.07 bits per heavy atom. The van der Waals surface area contributed by atoms with Crippen molar-refractivity contribution in [2.24, 2.45) is 0 Å². The number of benzene rings is 3. The molecule has 0 bridgehead atoms. The molecule has 0 saturated carbocycles. The van der Waals surface area contributed by atoms with E-state index < -0.39 is 19.8 Å². The van der Waals surface area contributed by atoms with Crippen molar-refractivity contribution < 1.29 is 28.6 Å². The van der Waals surface area contributed by atoms with Crippen LogP contribution in [-0.2, 0) is 25.7 Å². The van der Waals surface area contributed by atoms with Gasteiger partial charge in [0.1, 0.15) is 11.4 Å². The van der Waals surface area contributed by atoms with Crippen LogP contribution < -0.4 is 4.74 Å². The zero-order valence-corrected chi connectivity index (χ0v) is 27.2. The minimum Gasteiger partial charge on any atom is -0.467 e. The van der Waals surface area contributed by atoms with Crippen LogP contribution >= 0.6 is 0 Å². The lowest BCUT2D eigenvalue weighted by atomic mass is 9.87. The fourth-order valence-electron chi connectivity index (χ4n) is 4.98. The number of nitrogens with zero attached hydrogens (tertiary/aromatic N) is 2. The van der Waals surface area contributed by atoms with Crippen LogP contribution in [0, 0.1) is 11.3 Å². The molecule has 43 heavy (non-hydrogen) atoms. The summed E-state index contributed by atoms with van der Waals surface area (Å²) in [6, 6.07) is 23.1. The molecule has 0 radical (unpaired) electrons. The average molecular weight is 605 g/mol. The van der Waals surface area contributed by atoms with E-state index in [0.717, 1.165) is 33.7 Å². The second-order valence-corrected chi connectivity index (χ2v) is 18.8. The lowest BCUT2D eigenvalue weighted by molar-refractivity contribution is -0.179. The van der Waals surface area contributed by atoms with Crippen LogP contribution in [0.5, 0.6) is 5.75 Å². The number of nitriles is 1. The van der Waals surface area contributed by atoms with Gasteiger partial charge in [-0.2, -0.15) is 5.26 Å². The highest BCUT2D eigenvalue weighted by atomic mass is 28.3. The first-order valence-corrected chi connectivity index (χ1v) is 18.6. The number of fused-ring (bicyclic) bond motifs is 1. The van der Waals surface area contributed by atoms with Crippen LogP contribution in [0.2, 0.25) is 25.7 Å². The van der Waals surface area contributed by atoms with E-state index in [-0.39, 0.29) is 18.8 Å². The van der Waals surface area contributed by atoms with Gasteiger partial charge in [0, 0.05) is 32.5 Å². The van der Waals surface area contributed by atoms with Crippen molar-refractivity contribution in [2.75, 3.05) is 26.5 Å². The van der Waals surface area contributed by atoms with Crippen molar-refractivity contribution in [1.29, 1.82) is 5.26 Å². The van der Waals surface area contributed by atoms with Gasteiger partial charge < -0.3 is 23.8 Å². The van der Waals surface area contributed by atoms with Gasteiger partial charge in [-0.05, 0) is 74.0 Å². The summed E-state index contributed by atoms with van der Waals surface area (Å²) in [5.74, 6) is 0.814. The number of hydrogen-bond donors (Lipinski definition) is 0. The Balaban J connectivity index is 1.49. The highest BCUT2D eigenvalue weighted by molar-refractivity contribution is 6.76. The van der Waals surface area contributed by atoms with E-state index in [0.29, 0.717) is 38.3 Å². The van der Waals surface area contributed by atoms with Crippen molar-refractivity contribution in [3.05, 3.63) is 77.4 Å². The first-order chi connectivity index (χ1) is 20.4. The molecule has 230 valence electrons. The third-order valence-corrected chi connectivity index (χ3v) is 8.93. The van der Waals surface area contributed by atoms with Gasteiger partial charge in [-0.3, -0.25) is 0 Å². The van der Waals surface area contributed by atoms with Gasteiger partial charge in [0.15, 0.2) is 6.79 Å². The number of rotatable bonds is 11. The first kappa shape index (κ1) is 32.5. The Kier molecular flexibility index (Phi) is 10.9. The minimum atomic E-state index is -1.18. The predicted octanol–water partition coefficient (Wildman–Crippen LogP) is 7.64. The zero-order chi connectivity index (χ0) is 31.0. The van der Waals surface area contributed by atoms with Crippen LogP contribution in [-0.4, -0.2) is 57.5 Å². The molecule has 1 fully saturated rings. The molecule has 3 aromatic carbocycles. The molecule has 1 saturated heterocycles. The Labute approximate surface area is 256 Å². The average Bonchev–Trinajstić information content (AvgIpc) is 2.94. The highest BCUT2D eigenvalue weighted by Crippen LogP contribution is 2.33. The fourth-order valence-corrected chi connectivity index (χ4v) is 5.74. The quantitative estimate of drug-likeness (QED) is 0.0954. The predicted molar refractivity (Wildman–Crippen MR) is 170 cm³/mol. The Morgan fingerprint density at radius 3 is 2.51 bits per heavy atom. The normalized spacial score (nSPS) is 17.8. The molecular weight excluding hydrogens is 560 g/mol. The molecule has 9 heteroatoms. The number of carbonyl (C=O) groups excluding carboxylic acids is 1. The molecule has 2 atom stereocenters. The van der Waals surface area contributed by atoms with Crippen molar-refractivity contribution in [3.63, 3.8) is 0 Å². The van der Waals surface area contributed by atoms with E-state index in [1.54, 1.807) is 25.8 Å². The summed E-state index contributed by atoms with van der Waals surface area (Å²) < 4.78 is 23.9. The van der Waals surface area contributed by atoms with E-state index >= 15 is 0 Å². The van der Waals surface area contributed by atoms with Crippen molar-refractivity contribution >= 4 is 25.0 Å². The third-order valence-electron chi connectivity index (χ3n) is 7.22. The number of carbonyl (C=O) groups is 1. The highest BCUT2D eigenvalue weighted by Gasteiger charge is 2.34. The fraction of sp³-hybridized carbons (Fsp3) is 0.471. The molecule has 1 aliphatic heterocycles. The number of ether oxygens (including phenoxy) is 4. The van der Waals surface area contributed by atoms with Gasteiger partial charge in [-0.1, -0.05) is 56.0 Å². The maximum Gasteiger partial charge on any atom is 0.528 e. The standard InChI is InChI=1S/C34H44N2O6Si/c1-34(2,3)41-33(37)42-36-16-15-30(27-13-11-25(21-35)12-14-27)32(22-36)39-23-26-19-28-9-7-8-10-29(28)31(20-26)40-24-38-17-18-43(4,5)6/h7-14,19-20,30,32H,15-18,22-24H2,1-6H3. The van der Waals surface area contributed by atoms with Gasteiger partial charge >= 0.3 is 6.16 Å². The summed E-state index contributed by atoms with van der Waals surface area (Å²) in [7, 11) is -1.18. The Bertz CT molecular complexity index is 1410. The third kappa shape index (κ3) is 10.1. The number of hydrogen-bond acceptors (Lipinski definition) is 8. The number of piperidine rings is 1. The molecule has 0 N–H and O–H groups in total. The van der Waals surface area contributed by atoms with E-state index in [1.807, 2.05) is 48.5 Å². The molecule has 0 amide bonds. The van der Waals surface area contributed by atoms with E-state index in [2.05, 4.69) is 37.8 Å². The van der Waals surface area contributed by atoms with Gasteiger partial charge in [0.2, 0.25) is 0 Å². The van der Waals surface area contributed by atoms with Crippen LogP contribution in [0.25, 0.3) is 10.8 Å². The summed E-state index contributed by atoms with van der Waals surface area (Å²) in [6.07, 6.45) is -0.295. The Hall–Kier alpha value is -3.42. The lowest BCUT2D eigenvalue weighted by Crippen LogP contribution is -2.45. The topological polar surface area (TPSA) is 90.3 Å². The maximum atomic E-state index is 12.4. The molecule has 0 aliphatic carbocycles. The van der Waals surface area contributed by atoms with Gasteiger partial charge in [-0.25, -0.2) is 4.79 Å². The van der Waals surface area contributed by atoms with Crippen LogP contribution in [0.1, 0.15) is 49.8 Å². The molecule has 4 rings (SSSR count). The molecule has 2 unspecified atom stereocenters. The second kappa shape index (κ2) is 14.4. The van der Waals surface area contributed by atoms with Crippen LogP contribution in [0.4, 0.5) is 4.79 Å². The zero-order valence-electron chi connectivity index (χ0n) is 26.2. The minimum absolute atomic E-state index is 0.0576. The van der Waals surface area contributed by atoms with Gasteiger partial charge in [0.05, 0.1) is 30.9 Å². The second-order valence-electron chi connectivity index (χ2n) is 13.2. The summed E-state index contributed by atoms with van der Waals surface area (Å²) in [6.45, 7) is 14.5. The summed E-state index contributed by atoms with van der Waals surface area (Å²) >= 11 is 0. The molecule has 3 aromatic rings. The van der Waals surface area contributed by atoms with Crippen LogP contribution in [0.3, 0.4) is 0 Å². The monoisotopic (exact) mass is 604 g/mol. The molecule has 0 spiro atoms.